The lowest BCUT2D eigenvalue weighted by atomic mass is 10.2. The summed E-state index contributed by atoms with van der Waals surface area (Å²) in [5.41, 5.74) is 4.46. The number of amides is 1. The van der Waals surface area contributed by atoms with Gasteiger partial charge in [-0.2, -0.15) is 5.10 Å². The molecule has 27 heavy (non-hydrogen) atoms. The third-order valence-corrected chi connectivity index (χ3v) is 4.48. The molecular formula is C20H22N2O4S. The van der Waals surface area contributed by atoms with Crippen molar-refractivity contribution in [2.24, 2.45) is 5.10 Å². The molecule has 0 aromatic heterocycles. The van der Waals surface area contributed by atoms with Crippen molar-refractivity contribution in [3.8, 4) is 5.75 Å². The van der Waals surface area contributed by atoms with Crippen LogP contribution in [0.4, 0.5) is 0 Å². The molecule has 1 amide bonds. The Kier molecular flexibility index (Phi) is 8.38. The molecule has 0 atom stereocenters. The van der Waals surface area contributed by atoms with Gasteiger partial charge in [0.15, 0.2) is 6.61 Å². The van der Waals surface area contributed by atoms with Crippen LogP contribution in [0.1, 0.15) is 17.5 Å². The number of esters is 1. The van der Waals surface area contributed by atoms with Crippen LogP contribution in [0.15, 0.2) is 58.5 Å². The molecule has 0 aliphatic heterocycles. The summed E-state index contributed by atoms with van der Waals surface area (Å²) in [7, 11) is 1.30. The van der Waals surface area contributed by atoms with Crippen molar-refractivity contribution < 1.29 is 19.1 Å². The zero-order valence-corrected chi connectivity index (χ0v) is 16.1. The Morgan fingerprint density at radius 3 is 2.70 bits per heavy atom. The number of hydrazone groups is 1. The molecular weight excluding hydrogens is 364 g/mol. The minimum atomic E-state index is -0.454. The predicted octanol–water partition coefficient (Wildman–Crippen LogP) is 3.18. The Balaban J connectivity index is 1.73. The summed E-state index contributed by atoms with van der Waals surface area (Å²) in [6.45, 7) is 1.88. The minimum Gasteiger partial charge on any atom is -0.482 e. The predicted molar refractivity (Wildman–Crippen MR) is 106 cm³/mol. The Labute approximate surface area is 162 Å². The second kappa shape index (κ2) is 11.0. The highest BCUT2D eigenvalue weighted by Crippen LogP contribution is 2.18. The van der Waals surface area contributed by atoms with Gasteiger partial charge in [-0.15, -0.1) is 11.8 Å². The normalized spacial score (nSPS) is 10.6. The molecule has 0 saturated heterocycles. The number of rotatable bonds is 9. The molecule has 142 valence electrons. The second-order valence-electron chi connectivity index (χ2n) is 5.64. The Morgan fingerprint density at radius 1 is 1.19 bits per heavy atom. The summed E-state index contributed by atoms with van der Waals surface area (Å²) in [6.07, 6.45) is 1.90. The Hall–Kier alpha value is -2.80. The van der Waals surface area contributed by atoms with E-state index in [9.17, 15) is 9.59 Å². The van der Waals surface area contributed by atoms with Crippen LogP contribution in [-0.2, 0) is 14.3 Å². The van der Waals surface area contributed by atoms with Gasteiger partial charge >= 0.3 is 5.97 Å². The lowest BCUT2D eigenvalue weighted by Gasteiger charge is -2.05. The molecule has 0 radical (unpaired) electrons. The van der Waals surface area contributed by atoms with Gasteiger partial charge in [-0.25, -0.2) is 10.2 Å². The van der Waals surface area contributed by atoms with Crippen molar-refractivity contribution in [1.82, 2.24) is 5.43 Å². The largest absolute Gasteiger partial charge is 0.482 e. The molecule has 0 bridgehead atoms. The smallest absolute Gasteiger partial charge is 0.343 e. The average Bonchev–Trinajstić information content (AvgIpc) is 2.68. The molecule has 0 aliphatic rings. The fraction of sp³-hybridized carbons (Fsp3) is 0.250. The van der Waals surface area contributed by atoms with Gasteiger partial charge in [0.25, 0.3) is 0 Å². The van der Waals surface area contributed by atoms with Crippen molar-refractivity contribution in [1.29, 1.82) is 0 Å². The Bertz CT molecular complexity index is 791. The number of benzene rings is 2. The number of nitrogens with one attached hydrogen (secondary N) is 1. The van der Waals surface area contributed by atoms with Crippen LogP contribution in [0.3, 0.4) is 0 Å². The van der Waals surface area contributed by atoms with Gasteiger partial charge in [-0.1, -0.05) is 29.8 Å². The summed E-state index contributed by atoms with van der Waals surface area (Å²) >= 11 is 1.63. The number of methoxy groups -OCH3 is 1. The molecule has 0 unspecified atom stereocenters. The number of thioether (sulfide) groups is 1. The van der Waals surface area contributed by atoms with E-state index < -0.39 is 5.97 Å². The standard InChI is InChI=1S/C20H22N2O4S/c1-15-6-8-18(9-7-15)27-11-10-19(23)22-21-13-16-4-3-5-17(12-16)26-14-20(24)25-2/h3-9,12-13H,10-11,14H2,1-2H3,(H,22,23)/b21-13-. The molecule has 2 aromatic carbocycles. The zero-order valence-electron chi connectivity index (χ0n) is 15.3. The van der Waals surface area contributed by atoms with E-state index in [1.807, 2.05) is 25.1 Å². The van der Waals surface area contributed by atoms with E-state index in [2.05, 4.69) is 27.4 Å². The van der Waals surface area contributed by atoms with Crippen molar-refractivity contribution in [3.05, 3.63) is 59.7 Å². The van der Waals surface area contributed by atoms with Crippen LogP contribution in [0.25, 0.3) is 0 Å². The highest BCUT2D eigenvalue weighted by molar-refractivity contribution is 7.99. The quantitative estimate of drug-likeness (QED) is 0.310. The molecule has 0 spiro atoms. The maximum absolute atomic E-state index is 11.8. The van der Waals surface area contributed by atoms with Crippen LogP contribution in [0.5, 0.6) is 5.75 Å². The number of aryl methyl sites for hydroxylation is 1. The van der Waals surface area contributed by atoms with Gasteiger partial charge in [0.2, 0.25) is 5.91 Å². The number of carbonyl (C=O) groups is 2. The van der Waals surface area contributed by atoms with E-state index in [-0.39, 0.29) is 12.5 Å². The average molecular weight is 386 g/mol. The van der Waals surface area contributed by atoms with Crippen molar-refractivity contribution in [2.45, 2.75) is 18.2 Å². The van der Waals surface area contributed by atoms with E-state index in [0.717, 1.165) is 10.5 Å². The molecule has 0 saturated carbocycles. The topological polar surface area (TPSA) is 77.0 Å². The van der Waals surface area contributed by atoms with Crippen LogP contribution in [0, 0.1) is 6.92 Å². The van der Waals surface area contributed by atoms with Gasteiger partial charge in [-0.05, 0) is 36.8 Å². The lowest BCUT2D eigenvalue weighted by Crippen LogP contribution is -2.17. The van der Waals surface area contributed by atoms with Gasteiger partial charge in [-0.3, -0.25) is 4.79 Å². The molecule has 7 heteroatoms. The molecule has 6 nitrogen and oxygen atoms in total. The number of ether oxygens (including phenoxy) is 2. The van der Waals surface area contributed by atoms with Crippen LogP contribution in [0.2, 0.25) is 0 Å². The molecule has 1 N–H and O–H groups in total. The molecule has 0 heterocycles. The SMILES string of the molecule is COC(=O)COc1cccc(/C=N\NC(=O)CCSc2ccc(C)cc2)c1. The van der Waals surface area contributed by atoms with Crippen LogP contribution >= 0.6 is 11.8 Å². The minimum absolute atomic E-state index is 0.149. The molecule has 2 aromatic rings. The van der Waals surface area contributed by atoms with E-state index >= 15 is 0 Å². The maximum atomic E-state index is 11.8. The summed E-state index contributed by atoms with van der Waals surface area (Å²) < 4.78 is 9.82. The van der Waals surface area contributed by atoms with Gasteiger partial charge in [0.1, 0.15) is 5.75 Å². The molecule has 2 rings (SSSR count). The van der Waals surface area contributed by atoms with E-state index in [1.165, 1.54) is 18.9 Å². The molecule has 0 aliphatic carbocycles. The summed E-state index contributed by atoms with van der Waals surface area (Å²) in [6, 6.07) is 15.2. The maximum Gasteiger partial charge on any atom is 0.343 e. The summed E-state index contributed by atoms with van der Waals surface area (Å²) in [5.74, 6) is 0.598. The second-order valence-corrected chi connectivity index (χ2v) is 6.81. The van der Waals surface area contributed by atoms with Crippen molar-refractivity contribution >= 4 is 29.9 Å². The van der Waals surface area contributed by atoms with Gasteiger partial charge < -0.3 is 9.47 Å². The van der Waals surface area contributed by atoms with Crippen molar-refractivity contribution in [2.75, 3.05) is 19.5 Å². The first-order chi connectivity index (χ1) is 13.1. The monoisotopic (exact) mass is 386 g/mol. The number of hydrogen-bond donors (Lipinski definition) is 1. The highest BCUT2D eigenvalue weighted by atomic mass is 32.2. The Morgan fingerprint density at radius 2 is 1.96 bits per heavy atom. The number of carbonyl (C=O) groups excluding carboxylic acids is 2. The first-order valence-electron chi connectivity index (χ1n) is 8.38. The van der Waals surface area contributed by atoms with E-state index in [4.69, 9.17) is 4.74 Å². The fourth-order valence-corrected chi connectivity index (χ4v) is 2.87. The first kappa shape index (κ1) is 20.5. The third-order valence-electron chi connectivity index (χ3n) is 3.46. The lowest BCUT2D eigenvalue weighted by molar-refractivity contribution is -0.142. The van der Waals surface area contributed by atoms with Crippen molar-refractivity contribution in [3.63, 3.8) is 0 Å². The third kappa shape index (κ3) is 7.96. The zero-order chi connectivity index (χ0) is 19.5. The number of hydrogen-bond acceptors (Lipinski definition) is 6. The van der Waals surface area contributed by atoms with Gasteiger partial charge in [0, 0.05) is 17.1 Å². The van der Waals surface area contributed by atoms with Gasteiger partial charge in [0.05, 0.1) is 13.3 Å². The van der Waals surface area contributed by atoms with E-state index in [0.29, 0.717) is 17.9 Å². The fourth-order valence-electron chi connectivity index (χ4n) is 2.02. The number of nitrogens with zero attached hydrogens (tertiary/aromatic N) is 1. The first-order valence-corrected chi connectivity index (χ1v) is 9.36. The highest BCUT2D eigenvalue weighted by Gasteiger charge is 2.03. The summed E-state index contributed by atoms with van der Waals surface area (Å²) in [5, 5.41) is 3.95. The summed E-state index contributed by atoms with van der Waals surface area (Å²) in [4.78, 5) is 24.1. The molecule has 0 fully saturated rings. The van der Waals surface area contributed by atoms with Crippen LogP contribution < -0.4 is 10.2 Å². The van der Waals surface area contributed by atoms with E-state index in [1.54, 1.807) is 30.0 Å². The van der Waals surface area contributed by atoms with Crippen LogP contribution in [-0.4, -0.2) is 37.6 Å².